The van der Waals surface area contributed by atoms with Crippen molar-refractivity contribution in [2.24, 2.45) is 5.73 Å². The van der Waals surface area contributed by atoms with Crippen molar-refractivity contribution >= 4 is 17.5 Å². The monoisotopic (exact) mass is 449 g/mol. The summed E-state index contributed by atoms with van der Waals surface area (Å²) >= 11 is 0. The predicted molar refractivity (Wildman–Crippen MR) is 110 cm³/mol. The first-order chi connectivity index (χ1) is 15.1. The van der Waals surface area contributed by atoms with Gasteiger partial charge in [-0.3, -0.25) is 19.7 Å². The molecular formula is C22H22F3N3O4. The summed E-state index contributed by atoms with van der Waals surface area (Å²) in [6.07, 6.45) is -0.653. The smallest absolute Gasteiger partial charge is 0.366 e. The van der Waals surface area contributed by atoms with Crippen molar-refractivity contribution in [2.75, 3.05) is 0 Å². The van der Waals surface area contributed by atoms with E-state index in [0.29, 0.717) is 18.9 Å². The minimum Gasteiger partial charge on any atom is -0.366 e. The highest BCUT2D eigenvalue weighted by Crippen LogP contribution is 2.39. The van der Waals surface area contributed by atoms with Gasteiger partial charge in [0.1, 0.15) is 0 Å². The van der Waals surface area contributed by atoms with Crippen LogP contribution in [0.15, 0.2) is 42.5 Å². The lowest BCUT2D eigenvalue weighted by Gasteiger charge is -2.27. The standard InChI is InChI=1S/C22H22F3N3O4/c23-22(24,25)18-12-14(20(26)29)9-10-17(18)19(13-5-4-8-16(11-13)28(31)32)21(30)27-15-6-2-1-3-7-15/h4-5,8-12,15,19H,1-3,6-7H2,(H2,26,29)(H,27,30). The van der Waals surface area contributed by atoms with Crippen LogP contribution in [0.3, 0.4) is 0 Å². The molecular weight excluding hydrogens is 427 g/mol. The SMILES string of the molecule is NC(=O)c1ccc(C(C(=O)NC2CCCCC2)c2cccc([N+](=O)[O-])c2)c(C(F)(F)F)c1. The van der Waals surface area contributed by atoms with Crippen LogP contribution in [-0.2, 0) is 11.0 Å². The highest BCUT2D eigenvalue weighted by atomic mass is 19.4. The summed E-state index contributed by atoms with van der Waals surface area (Å²) < 4.78 is 41.7. The van der Waals surface area contributed by atoms with Crippen molar-refractivity contribution < 1.29 is 27.7 Å². The van der Waals surface area contributed by atoms with Crippen molar-refractivity contribution in [3.63, 3.8) is 0 Å². The van der Waals surface area contributed by atoms with Crippen LogP contribution in [0.4, 0.5) is 18.9 Å². The van der Waals surface area contributed by atoms with Crippen molar-refractivity contribution in [3.05, 3.63) is 74.8 Å². The molecule has 1 unspecified atom stereocenters. The van der Waals surface area contributed by atoms with Crippen LogP contribution in [-0.4, -0.2) is 22.8 Å². The number of nitro benzene ring substituents is 1. The van der Waals surface area contributed by atoms with E-state index in [1.54, 1.807) is 0 Å². The van der Waals surface area contributed by atoms with Gasteiger partial charge in [0.25, 0.3) is 5.69 Å². The molecule has 1 fully saturated rings. The Hall–Kier alpha value is -3.43. The van der Waals surface area contributed by atoms with Gasteiger partial charge in [-0.1, -0.05) is 37.5 Å². The fourth-order valence-corrected chi connectivity index (χ4v) is 4.03. The Morgan fingerprint density at radius 3 is 2.38 bits per heavy atom. The molecule has 3 N–H and O–H groups in total. The first-order valence-electron chi connectivity index (χ1n) is 10.1. The molecule has 1 saturated carbocycles. The zero-order valence-electron chi connectivity index (χ0n) is 17.0. The number of amides is 2. The summed E-state index contributed by atoms with van der Waals surface area (Å²) in [5, 5.41) is 14.0. The fourth-order valence-electron chi connectivity index (χ4n) is 4.03. The van der Waals surface area contributed by atoms with Crippen LogP contribution in [0, 0.1) is 10.1 Å². The second kappa shape index (κ2) is 9.37. The molecule has 0 aliphatic heterocycles. The number of hydrogen-bond acceptors (Lipinski definition) is 4. The summed E-state index contributed by atoms with van der Waals surface area (Å²) in [7, 11) is 0. The van der Waals surface area contributed by atoms with E-state index >= 15 is 0 Å². The number of non-ortho nitro benzene ring substituents is 1. The molecule has 32 heavy (non-hydrogen) atoms. The number of carbonyl (C=O) groups excluding carboxylic acids is 2. The molecule has 0 saturated heterocycles. The maximum absolute atomic E-state index is 13.9. The van der Waals surface area contributed by atoms with E-state index in [-0.39, 0.29) is 22.9 Å². The molecule has 1 atom stereocenters. The summed E-state index contributed by atoms with van der Waals surface area (Å²) in [5.41, 5.74) is 2.89. The fraction of sp³-hybridized carbons (Fsp3) is 0.364. The van der Waals surface area contributed by atoms with Crippen LogP contribution < -0.4 is 11.1 Å². The van der Waals surface area contributed by atoms with Gasteiger partial charge in [0.05, 0.1) is 16.4 Å². The minimum absolute atomic E-state index is 0.0461. The molecule has 2 amide bonds. The van der Waals surface area contributed by atoms with Gasteiger partial charge in [-0.05, 0) is 36.1 Å². The zero-order chi connectivity index (χ0) is 23.5. The van der Waals surface area contributed by atoms with Crippen LogP contribution >= 0.6 is 0 Å². The molecule has 1 aliphatic carbocycles. The Morgan fingerprint density at radius 1 is 1.09 bits per heavy atom. The average Bonchev–Trinajstić information content (AvgIpc) is 2.74. The first kappa shape index (κ1) is 23.2. The molecule has 0 spiro atoms. The zero-order valence-corrected chi connectivity index (χ0v) is 17.0. The van der Waals surface area contributed by atoms with E-state index in [9.17, 15) is 32.9 Å². The van der Waals surface area contributed by atoms with Crippen LogP contribution in [0.2, 0.25) is 0 Å². The number of primary amides is 1. The Bertz CT molecular complexity index is 1030. The van der Waals surface area contributed by atoms with Crippen molar-refractivity contribution in [1.82, 2.24) is 5.32 Å². The number of nitrogens with two attached hydrogens (primary N) is 1. The maximum Gasteiger partial charge on any atom is 0.416 e. The van der Waals surface area contributed by atoms with Crippen molar-refractivity contribution in [3.8, 4) is 0 Å². The lowest BCUT2D eigenvalue weighted by molar-refractivity contribution is -0.384. The third-order valence-corrected chi connectivity index (χ3v) is 5.58. The van der Waals surface area contributed by atoms with Gasteiger partial charge in [0.15, 0.2) is 0 Å². The van der Waals surface area contributed by atoms with E-state index in [4.69, 9.17) is 5.73 Å². The number of nitrogens with zero attached hydrogens (tertiary/aromatic N) is 1. The van der Waals surface area contributed by atoms with Crippen molar-refractivity contribution in [2.45, 2.75) is 50.2 Å². The maximum atomic E-state index is 13.9. The van der Waals surface area contributed by atoms with Gasteiger partial charge in [0.2, 0.25) is 11.8 Å². The number of nitro groups is 1. The number of alkyl halides is 3. The summed E-state index contributed by atoms with van der Waals surface area (Å²) in [4.78, 5) is 35.2. The molecule has 170 valence electrons. The average molecular weight is 449 g/mol. The molecule has 1 aliphatic rings. The van der Waals surface area contributed by atoms with E-state index in [0.717, 1.165) is 37.5 Å². The van der Waals surface area contributed by atoms with E-state index in [2.05, 4.69) is 5.32 Å². The molecule has 10 heteroatoms. The highest BCUT2D eigenvalue weighted by molar-refractivity contribution is 5.94. The van der Waals surface area contributed by atoms with Gasteiger partial charge < -0.3 is 11.1 Å². The first-order valence-corrected chi connectivity index (χ1v) is 10.1. The number of benzene rings is 2. The Labute approximate surface area is 181 Å². The van der Waals surface area contributed by atoms with Gasteiger partial charge in [-0.25, -0.2) is 0 Å². The van der Waals surface area contributed by atoms with Gasteiger partial charge in [-0.2, -0.15) is 13.2 Å². The molecule has 3 rings (SSSR count). The topological polar surface area (TPSA) is 115 Å². The Kier molecular flexibility index (Phi) is 6.81. The van der Waals surface area contributed by atoms with E-state index in [1.165, 1.54) is 18.2 Å². The van der Waals surface area contributed by atoms with Crippen LogP contribution in [0.5, 0.6) is 0 Å². The summed E-state index contributed by atoms with van der Waals surface area (Å²) in [6, 6.07) is 7.55. The second-order valence-electron chi connectivity index (χ2n) is 7.79. The summed E-state index contributed by atoms with van der Waals surface area (Å²) in [6.45, 7) is 0. The quantitative estimate of drug-likeness (QED) is 0.505. The number of hydrogen-bond donors (Lipinski definition) is 2. The highest BCUT2D eigenvalue weighted by Gasteiger charge is 2.39. The predicted octanol–water partition coefficient (Wildman–Crippen LogP) is 4.29. The van der Waals surface area contributed by atoms with Crippen molar-refractivity contribution in [1.29, 1.82) is 0 Å². The molecule has 2 aromatic rings. The Balaban J connectivity index is 2.14. The van der Waals surface area contributed by atoms with Crippen LogP contribution in [0.1, 0.15) is 65.1 Å². The molecule has 7 nitrogen and oxygen atoms in total. The van der Waals surface area contributed by atoms with Gasteiger partial charge in [-0.15, -0.1) is 0 Å². The summed E-state index contributed by atoms with van der Waals surface area (Å²) in [5.74, 6) is -3.19. The molecule has 0 aromatic heterocycles. The number of rotatable bonds is 6. The minimum atomic E-state index is -4.88. The number of halogens is 3. The number of carbonyl (C=O) groups is 2. The third kappa shape index (κ3) is 5.24. The largest absolute Gasteiger partial charge is 0.416 e. The third-order valence-electron chi connectivity index (χ3n) is 5.58. The molecule has 0 heterocycles. The lowest BCUT2D eigenvalue weighted by Crippen LogP contribution is -2.40. The van der Waals surface area contributed by atoms with Gasteiger partial charge in [0, 0.05) is 23.7 Å². The normalized spacial score (nSPS) is 15.7. The lowest BCUT2D eigenvalue weighted by atomic mass is 9.85. The molecule has 2 aromatic carbocycles. The van der Waals surface area contributed by atoms with Crippen LogP contribution in [0.25, 0.3) is 0 Å². The Morgan fingerprint density at radius 2 is 1.78 bits per heavy atom. The van der Waals surface area contributed by atoms with Gasteiger partial charge >= 0.3 is 6.18 Å². The van der Waals surface area contributed by atoms with E-state index in [1.807, 2.05) is 0 Å². The second-order valence-corrected chi connectivity index (χ2v) is 7.79. The molecule has 0 bridgehead atoms. The molecule has 0 radical (unpaired) electrons. The van der Waals surface area contributed by atoms with E-state index < -0.39 is 40.0 Å². The number of nitrogens with one attached hydrogen (secondary N) is 1.